The fourth-order valence-corrected chi connectivity index (χ4v) is 2.99. The fraction of sp³-hybridized carbons (Fsp3) is 0.409. The molecule has 1 aliphatic rings. The van der Waals surface area contributed by atoms with Crippen molar-refractivity contribution in [2.45, 2.75) is 39.0 Å². The number of carbonyl (C=O) groups is 1. The second-order valence-corrected chi connectivity index (χ2v) is 6.58. The van der Waals surface area contributed by atoms with Gasteiger partial charge in [-0.25, -0.2) is 0 Å². The molecule has 1 aliphatic heterocycles. The second-order valence-electron chi connectivity index (χ2n) is 6.58. The average Bonchev–Trinajstić information content (AvgIpc) is 3.23. The molecule has 1 saturated heterocycles. The summed E-state index contributed by atoms with van der Waals surface area (Å²) in [6.07, 6.45) is 2.20. The number of ether oxygens (including phenoxy) is 3. The van der Waals surface area contributed by atoms with Crippen LogP contribution < -0.4 is 10.1 Å². The van der Waals surface area contributed by atoms with Gasteiger partial charge in [0.25, 0.3) is 5.91 Å². The van der Waals surface area contributed by atoms with Gasteiger partial charge in [-0.3, -0.25) is 4.79 Å². The van der Waals surface area contributed by atoms with E-state index >= 15 is 0 Å². The molecular weight excluding hydrogens is 342 g/mol. The molecule has 5 nitrogen and oxygen atoms in total. The Balaban J connectivity index is 1.54. The molecule has 1 amide bonds. The van der Waals surface area contributed by atoms with E-state index in [1.54, 1.807) is 6.07 Å². The van der Waals surface area contributed by atoms with Gasteiger partial charge in [0.05, 0.1) is 18.3 Å². The van der Waals surface area contributed by atoms with Crippen LogP contribution in [0.4, 0.5) is 0 Å². The summed E-state index contributed by atoms with van der Waals surface area (Å²) < 4.78 is 16.8. The van der Waals surface area contributed by atoms with Gasteiger partial charge < -0.3 is 19.5 Å². The van der Waals surface area contributed by atoms with Crippen LogP contribution in [0.2, 0.25) is 0 Å². The van der Waals surface area contributed by atoms with Crippen LogP contribution in [0.25, 0.3) is 0 Å². The summed E-state index contributed by atoms with van der Waals surface area (Å²) in [5.74, 6) is 0.453. The Kier molecular flexibility index (Phi) is 7.25. The predicted octanol–water partition coefficient (Wildman–Crippen LogP) is 3.71. The number of nitrogens with one attached hydrogen (secondary N) is 1. The number of para-hydroxylation sites is 1. The van der Waals surface area contributed by atoms with Gasteiger partial charge in [0.15, 0.2) is 0 Å². The van der Waals surface area contributed by atoms with Crippen molar-refractivity contribution in [2.75, 3.05) is 19.8 Å². The Labute approximate surface area is 160 Å². The number of hydrogen-bond acceptors (Lipinski definition) is 4. The van der Waals surface area contributed by atoms with E-state index in [-0.39, 0.29) is 12.0 Å². The van der Waals surface area contributed by atoms with Gasteiger partial charge in [-0.2, -0.15) is 0 Å². The fourth-order valence-electron chi connectivity index (χ4n) is 2.99. The molecule has 0 aromatic heterocycles. The second kappa shape index (κ2) is 10.1. The standard InChI is InChI=1S/C22H27NO4/c1-2-25-15-18-11-9-17(10-12-18)14-23-22(24)20-7-3-4-8-21(20)27-16-19-6-5-13-26-19/h3-4,7-12,19H,2,5-6,13-16H2,1H3,(H,23,24). The van der Waals surface area contributed by atoms with Crippen LogP contribution >= 0.6 is 0 Å². The molecule has 1 N–H and O–H groups in total. The normalized spacial score (nSPS) is 16.3. The molecule has 1 heterocycles. The third-order valence-corrected chi connectivity index (χ3v) is 4.53. The summed E-state index contributed by atoms with van der Waals surface area (Å²) in [7, 11) is 0. The summed E-state index contributed by atoms with van der Waals surface area (Å²) in [6, 6.07) is 15.4. The van der Waals surface area contributed by atoms with E-state index in [1.165, 1.54) is 0 Å². The molecule has 2 aromatic rings. The minimum Gasteiger partial charge on any atom is -0.490 e. The summed E-state index contributed by atoms with van der Waals surface area (Å²) >= 11 is 0. The number of benzene rings is 2. The van der Waals surface area contributed by atoms with Crippen molar-refractivity contribution in [2.24, 2.45) is 0 Å². The van der Waals surface area contributed by atoms with Crippen LogP contribution in [-0.4, -0.2) is 31.8 Å². The number of amides is 1. The average molecular weight is 369 g/mol. The van der Waals surface area contributed by atoms with Crippen LogP contribution in [0.15, 0.2) is 48.5 Å². The molecule has 2 aromatic carbocycles. The Hall–Kier alpha value is -2.37. The molecule has 1 unspecified atom stereocenters. The first-order valence-corrected chi connectivity index (χ1v) is 9.53. The maximum atomic E-state index is 12.6. The number of carbonyl (C=O) groups excluding carboxylic acids is 1. The number of hydrogen-bond donors (Lipinski definition) is 1. The van der Waals surface area contributed by atoms with Gasteiger partial charge in [-0.05, 0) is 43.0 Å². The third-order valence-electron chi connectivity index (χ3n) is 4.53. The van der Waals surface area contributed by atoms with Crippen LogP contribution in [0, 0.1) is 0 Å². The van der Waals surface area contributed by atoms with Crippen molar-refractivity contribution in [3.63, 3.8) is 0 Å². The lowest BCUT2D eigenvalue weighted by atomic mass is 10.1. The van der Waals surface area contributed by atoms with Crippen molar-refractivity contribution < 1.29 is 19.0 Å². The highest BCUT2D eigenvalue weighted by atomic mass is 16.5. The molecule has 0 bridgehead atoms. The monoisotopic (exact) mass is 369 g/mol. The van der Waals surface area contributed by atoms with Crippen molar-refractivity contribution in [1.82, 2.24) is 5.32 Å². The van der Waals surface area contributed by atoms with Crippen LogP contribution in [0.3, 0.4) is 0 Å². The first kappa shape index (κ1) is 19.4. The summed E-state index contributed by atoms with van der Waals surface area (Å²) in [5.41, 5.74) is 2.71. The lowest BCUT2D eigenvalue weighted by Gasteiger charge is -2.14. The molecule has 27 heavy (non-hydrogen) atoms. The molecule has 0 radical (unpaired) electrons. The highest BCUT2D eigenvalue weighted by Crippen LogP contribution is 2.20. The molecule has 144 valence electrons. The van der Waals surface area contributed by atoms with Crippen molar-refractivity contribution >= 4 is 5.91 Å². The molecule has 0 aliphatic carbocycles. The van der Waals surface area contributed by atoms with E-state index in [9.17, 15) is 4.79 Å². The SMILES string of the molecule is CCOCc1ccc(CNC(=O)c2ccccc2OCC2CCCO2)cc1. The largest absolute Gasteiger partial charge is 0.490 e. The molecule has 5 heteroatoms. The van der Waals surface area contributed by atoms with Crippen LogP contribution in [0.5, 0.6) is 5.75 Å². The minimum atomic E-state index is -0.142. The molecule has 0 saturated carbocycles. The van der Waals surface area contributed by atoms with Crippen molar-refractivity contribution in [3.8, 4) is 5.75 Å². The molecular formula is C22H27NO4. The Bertz CT molecular complexity index is 723. The predicted molar refractivity (Wildman–Crippen MR) is 104 cm³/mol. The zero-order valence-electron chi connectivity index (χ0n) is 15.8. The van der Waals surface area contributed by atoms with E-state index in [4.69, 9.17) is 14.2 Å². The highest BCUT2D eigenvalue weighted by Gasteiger charge is 2.18. The number of rotatable bonds is 9. The summed E-state index contributed by atoms with van der Waals surface area (Å²) in [6.45, 7) is 5.02. The topological polar surface area (TPSA) is 56.8 Å². The third kappa shape index (κ3) is 5.81. The van der Waals surface area contributed by atoms with E-state index < -0.39 is 0 Å². The van der Waals surface area contributed by atoms with Gasteiger partial charge in [0.2, 0.25) is 0 Å². The molecule has 0 spiro atoms. The lowest BCUT2D eigenvalue weighted by Crippen LogP contribution is -2.24. The minimum absolute atomic E-state index is 0.122. The zero-order chi connectivity index (χ0) is 18.9. The van der Waals surface area contributed by atoms with E-state index in [1.807, 2.05) is 49.4 Å². The van der Waals surface area contributed by atoms with Crippen molar-refractivity contribution in [1.29, 1.82) is 0 Å². The molecule has 3 rings (SSSR count). The first-order valence-electron chi connectivity index (χ1n) is 9.53. The lowest BCUT2D eigenvalue weighted by molar-refractivity contribution is 0.0670. The molecule has 1 fully saturated rings. The highest BCUT2D eigenvalue weighted by molar-refractivity contribution is 5.96. The van der Waals surface area contributed by atoms with Gasteiger partial charge >= 0.3 is 0 Å². The Morgan fingerprint density at radius 1 is 1.15 bits per heavy atom. The maximum absolute atomic E-state index is 12.6. The van der Waals surface area contributed by atoms with Crippen LogP contribution in [-0.2, 0) is 22.6 Å². The van der Waals surface area contributed by atoms with E-state index in [0.717, 1.165) is 30.6 Å². The van der Waals surface area contributed by atoms with Gasteiger partial charge in [0, 0.05) is 19.8 Å². The quantitative estimate of drug-likeness (QED) is 0.732. The smallest absolute Gasteiger partial charge is 0.255 e. The van der Waals surface area contributed by atoms with E-state index in [2.05, 4.69) is 5.32 Å². The van der Waals surface area contributed by atoms with Gasteiger partial charge in [-0.1, -0.05) is 36.4 Å². The summed E-state index contributed by atoms with van der Waals surface area (Å²) in [5, 5.41) is 2.96. The molecule has 1 atom stereocenters. The zero-order valence-corrected chi connectivity index (χ0v) is 15.8. The first-order chi connectivity index (χ1) is 13.3. The van der Waals surface area contributed by atoms with Crippen LogP contribution in [0.1, 0.15) is 41.3 Å². The van der Waals surface area contributed by atoms with Gasteiger partial charge in [0.1, 0.15) is 12.4 Å². The maximum Gasteiger partial charge on any atom is 0.255 e. The Morgan fingerprint density at radius 3 is 2.67 bits per heavy atom. The summed E-state index contributed by atoms with van der Waals surface area (Å²) in [4.78, 5) is 12.6. The van der Waals surface area contributed by atoms with Crippen molar-refractivity contribution in [3.05, 3.63) is 65.2 Å². The Morgan fingerprint density at radius 2 is 1.93 bits per heavy atom. The van der Waals surface area contributed by atoms with E-state index in [0.29, 0.717) is 37.7 Å². The van der Waals surface area contributed by atoms with Gasteiger partial charge in [-0.15, -0.1) is 0 Å².